The zero-order valence-corrected chi connectivity index (χ0v) is 15.3. The molecule has 0 bridgehead atoms. The summed E-state index contributed by atoms with van der Waals surface area (Å²) in [5.74, 6) is -0.912. The molecule has 28 heavy (non-hydrogen) atoms. The van der Waals surface area contributed by atoms with Crippen molar-refractivity contribution in [2.75, 3.05) is 23.3 Å². The van der Waals surface area contributed by atoms with Gasteiger partial charge >= 0.3 is 5.97 Å². The molecule has 10 heteroatoms. The van der Waals surface area contributed by atoms with Gasteiger partial charge in [-0.2, -0.15) is 0 Å². The molecule has 2 heterocycles. The molecular weight excluding hydrogens is 388 g/mol. The predicted molar refractivity (Wildman–Crippen MR) is 98.6 cm³/mol. The molecule has 0 fully saturated rings. The number of carbonyl (C=O) groups is 2. The third-order valence-electron chi connectivity index (χ3n) is 4.44. The van der Waals surface area contributed by atoms with E-state index in [1.807, 2.05) is 0 Å². The first kappa shape index (κ1) is 18.1. The number of anilines is 2. The second-order valence-electron chi connectivity index (χ2n) is 6.32. The van der Waals surface area contributed by atoms with Crippen molar-refractivity contribution in [3.05, 3.63) is 41.5 Å². The maximum atomic E-state index is 12.8. The van der Waals surface area contributed by atoms with Crippen LogP contribution in [0.2, 0.25) is 0 Å². The number of aromatic carboxylic acids is 1. The number of fused-ring (bicyclic) bond motifs is 2. The van der Waals surface area contributed by atoms with Gasteiger partial charge in [0, 0.05) is 24.2 Å². The number of carbonyl (C=O) groups excluding carboxylic acids is 1. The zero-order valence-electron chi connectivity index (χ0n) is 14.5. The Labute approximate surface area is 160 Å². The van der Waals surface area contributed by atoms with E-state index in [2.05, 4.69) is 10.0 Å². The van der Waals surface area contributed by atoms with Gasteiger partial charge in [-0.3, -0.25) is 9.52 Å². The second kappa shape index (κ2) is 6.71. The number of hydrogen-bond donors (Lipinski definition) is 3. The van der Waals surface area contributed by atoms with Gasteiger partial charge in [0.15, 0.2) is 11.5 Å². The van der Waals surface area contributed by atoms with Gasteiger partial charge in [-0.15, -0.1) is 0 Å². The Morgan fingerprint density at radius 3 is 2.50 bits per heavy atom. The number of amides is 1. The van der Waals surface area contributed by atoms with Crippen molar-refractivity contribution >= 4 is 33.3 Å². The van der Waals surface area contributed by atoms with Gasteiger partial charge in [0.25, 0.3) is 10.0 Å². The minimum atomic E-state index is -4.07. The van der Waals surface area contributed by atoms with Crippen LogP contribution in [-0.4, -0.2) is 38.6 Å². The smallest absolute Gasteiger partial charge is 0.337 e. The van der Waals surface area contributed by atoms with E-state index in [1.165, 1.54) is 30.3 Å². The first-order chi connectivity index (χ1) is 13.3. The normalized spacial score (nSPS) is 15.4. The number of sulfonamides is 1. The molecule has 0 saturated carbocycles. The standard InChI is InChI=1S/C18H16N2O7S/c21-17-4-1-10-7-11(2-3-13(10)19-17)28(24,25)20-14-9-16-15(26-5-6-27-16)8-12(14)18(22)23/h2-3,7-9,20H,1,4-6H2,(H,19,21)(H,22,23). The van der Waals surface area contributed by atoms with Gasteiger partial charge in [-0.1, -0.05) is 0 Å². The summed E-state index contributed by atoms with van der Waals surface area (Å²) in [6.45, 7) is 0.560. The second-order valence-corrected chi connectivity index (χ2v) is 8.00. The molecule has 0 radical (unpaired) electrons. The molecule has 2 aromatic carbocycles. The summed E-state index contributed by atoms with van der Waals surface area (Å²) in [6, 6.07) is 6.87. The summed E-state index contributed by atoms with van der Waals surface area (Å²) in [7, 11) is -4.07. The summed E-state index contributed by atoms with van der Waals surface area (Å²) < 4.78 is 38.7. The van der Waals surface area contributed by atoms with Crippen LogP contribution in [0.15, 0.2) is 35.2 Å². The van der Waals surface area contributed by atoms with Crippen LogP contribution in [0.25, 0.3) is 0 Å². The number of carboxylic acid groups (broad SMARTS) is 1. The molecule has 2 aliphatic heterocycles. The van der Waals surface area contributed by atoms with Crippen LogP contribution in [0.3, 0.4) is 0 Å². The molecule has 0 aromatic heterocycles. The molecule has 4 rings (SSSR count). The molecule has 0 saturated heterocycles. The Balaban J connectivity index is 1.70. The number of ether oxygens (including phenoxy) is 2. The molecule has 0 unspecified atom stereocenters. The zero-order chi connectivity index (χ0) is 19.9. The lowest BCUT2D eigenvalue weighted by atomic mass is 10.0. The third-order valence-corrected chi connectivity index (χ3v) is 5.80. The highest BCUT2D eigenvalue weighted by atomic mass is 32.2. The Morgan fingerprint density at radius 2 is 1.79 bits per heavy atom. The quantitative estimate of drug-likeness (QED) is 0.709. The van der Waals surface area contributed by atoms with Crippen LogP contribution in [0, 0.1) is 0 Å². The van der Waals surface area contributed by atoms with E-state index in [1.54, 1.807) is 0 Å². The molecule has 3 N–H and O–H groups in total. The predicted octanol–water partition coefficient (Wildman–Crippen LogP) is 1.84. The summed E-state index contributed by atoms with van der Waals surface area (Å²) in [6.07, 6.45) is 0.699. The van der Waals surface area contributed by atoms with E-state index in [9.17, 15) is 23.1 Å². The molecule has 0 atom stereocenters. The van der Waals surface area contributed by atoms with Crippen molar-refractivity contribution in [2.24, 2.45) is 0 Å². The van der Waals surface area contributed by atoms with E-state index >= 15 is 0 Å². The molecule has 0 aliphatic carbocycles. The number of aryl methyl sites for hydroxylation is 1. The van der Waals surface area contributed by atoms with Crippen LogP contribution >= 0.6 is 0 Å². The van der Waals surface area contributed by atoms with Crippen LogP contribution in [-0.2, 0) is 21.2 Å². The van der Waals surface area contributed by atoms with Crippen LogP contribution in [0.1, 0.15) is 22.3 Å². The molecule has 146 valence electrons. The van der Waals surface area contributed by atoms with Gasteiger partial charge in [-0.05, 0) is 30.2 Å². The lowest BCUT2D eigenvalue weighted by Crippen LogP contribution is -2.21. The van der Waals surface area contributed by atoms with Crippen molar-refractivity contribution in [1.29, 1.82) is 0 Å². The van der Waals surface area contributed by atoms with Crippen molar-refractivity contribution in [3.63, 3.8) is 0 Å². The molecule has 9 nitrogen and oxygen atoms in total. The molecular formula is C18H16N2O7S. The lowest BCUT2D eigenvalue weighted by molar-refractivity contribution is -0.116. The summed E-state index contributed by atoms with van der Waals surface area (Å²) in [5.41, 5.74) is 0.893. The van der Waals surface area contributed by atoms with E-state index < -0.39 is 16.0 Å². The highest BCUT2D eigenvalue weighted by molar-refractivity contribution is 7.92. The number of hydrogen-bond acceptors (Lipinski definition) is 6. The average molecular weight is 404 g/mol. The maximum absolute atomic E-state index is 12.8. The average Bonchev–Trinajstić information content (AvgIpc) is 2.66. The molecule has 2 aromatic rings. The van der Waals surface area contributed by atoms with Gasteiger partial charge < -0.3 is 19.9 Å². The van der Waals surface area contributed by atoms with E-state index in [-0.39, 0.29) is 53.2 Å². The maximum Gasteiger partial charge on any atom is 0.337 e. The largest absolute Gasteiger partial charge is 0.486 e. The lowest BCUT2D eigenvalue weighted by Gasteiger charge is -2.21. The Morgan fingerprint density at radius 1 is 1.07 bits per heavy atom. The minimum Gasteiger partial charge on any atom is -0.486 e. The number of carboxylic acids is 1. The number of rotatable bonds is 4. The van der Waals surface area contributed by atoms with Gasteiger partial charge in [0.2, 0.25) is 5.91 Å². The van der Waals surface area contributed by atoms with E-state index in [4.69, 9.17) is 9.47 Å². The number of benzene rings is 2. The fourth-order valence-corrected chi connectivity index (χ4v) is 4.20. The fourth-order valence-electron chi connectivity index (χ4n) is 3.08. The van der Waals surface area contributed by atoms with Crippen molar-refractivity contribution in [3.8, 4) is 11.5 Å². The molecule has 2 aliphatic rings. The Hall–Kier alpha value is -3.27. The topological polar surface area (TPSA) is 131 Å². The summed E-state index contributed by atoms with van der Waals surface area (Å²) >= 11 is 0. The van der Waals surface area contributed by atoms with Crippen LogP contribution in [0.4, 0.5) is 11.4 Å². The summed E-state index contributed by atoms with van der Waals surface area (Å²) in [5, 5.41) is 12.1. The first-order valence-corrected chi connectivity index (χ1v) is 9.94. The number of nitrogens with one attached hydrogen (secondary N) is 2. The van der Waals surface area contributed by atoms with Crippen molar-refractivity contribution < 1.29 is 32.6 Å². The monoisotopic (exact) mass is 404 g/mol. The Kier molecular flexibility index (Phi) is 4.34. The van der Waals surface area contributed by atoms with Crippen LogP contribution < -0.4 is 19.5 Å². The fraction of sp³-hybridized carbons (Fsp3) is 0.222. The Bertz CT molecular complexity index is 1100. The van der Waals surface area contributed by atoms with Crippen molar-refractivity contribution in [1.82, 2.24) is 0 Å². The SMILES string of the molecule is O=C1CCc2cc(S(=O)(=O)Nc3cc4c(cc3C(=O)O)OCCO4)ccc2N1. The molecule has 0 spiro atoms. The minimum absolute atomic E-state index is 0.0337. The highest BCUT2D eigenvalue weighted by Gasteiger charge is 2.25. The first-order valence-electron chi connectivity index (χ1n) is 8.46. The van der Waals surface area contributed by atoms with Gasteiger partial charge in [0.05, 0.1) is 16.1 Å². The van der Waals surface area contributed by atoms with E-state index in [0.717, 1.165) is 0 Å². The molecule has 1 amide bonds. The van der Waals surface area contributed by atoms with Gasteiger partial charge in [-0.25, -0.2) is 13.2 Å². The van der Waals surface area contributed by atoms with Gasteiger partial charge in [0.1, 0.15) is 13.2 Å². The van der Waals surface area contributed by atoms with Crippen LogP contribution in [0.5, 0.6) is 11.5 Å². The van der Waals surface area contributed by atoms with E-state index in [0.29, 0.717) is 17.7 Å². The van der Waals surface area contributed by atoms with Crippen molar-refractivity contribution in [2.45, 2.75) is 17.7 Å². The third kappa shape index (κ3) is 3.33. The summed E-state index contributed by atoms with van der Waals surface area (Å²) in [4.78, 5) is 23.0. The highest BCUT2D eigenvalue weighted by Crippen LogP contribution is 2.36.